The molecule has 6 heteroatoms. The third-order valence-corrected chi connectivity index (χ3v) is 3.69. The fraction of sp³-hybridized carbons (Fsp3) is 0.231. The van der Waals surface area contributed by atoms with Crippen LogP contribution in [0.1, 0.15) is 34.8 Å². The Hall–Kier alpha value is -2.08. The van der Waals surface area contributed by atoms with Crippen molar-refractivity contribution in [2.45, 2.75) is 19.4 Å². The minimum Gasteiger partial charge on any atom is -0.399 e. The van der Waals surface area contributed by atoms with Crippen LogP contribution < -0.4 is 16.8 Å². The number of carbonyl (C=O) groups excluding carboxylic acids is 1. The molecule has 0 bridgehead atoms. The summed E-state index contributed by atoms with van der Waals surface area (Å²) < 4.78 is 0. The second-order valence-electron chi connectivity index (χ2n) is 4.14. The van der Waals surface area contributed by atoms with Crippen molar-refractivity contribution in [3.8, 4) is 0 Å². The lowest BCUT2D eigenvalue weighted by Gasteiger charge is -2.18. The Morgan fingerprint density at radius 3 is 2.89 bits per heavy atom. The fourth-order valence-electron chi connectivity index (χ4n) is 1.82. The molecule has 0 fully saturated rings. The van der Waals surface area contributed by atoms with E-state index >= 15 is 0 Å². The standard InChI is InChI=1S/C13H16N4OS/c1-2-10(13-16-5-6-19-13)17-11-4-3-8(14)7-9(11)12(15)18/h3-7,10,17H,2,14H2,1H3,(H2,15,18). The van der Waals surface area contributed by atoms with Crippen molar-refractivity contribution in [1.29, 1.82) is 0 Å². The van der Waals surface area contributed by atoms with Crippen LogP contribution >= 0.6 is 11.3 Å². The van der Waals surface area contributed by atoms with E-state index in [0.717, 1.165) is 11.4 Å². The Bertz CT molecular complexity index is 568. The van der Waals surface area contributed by atoms with E-state index in [1.54, 1.807) is 35.7 Å². The topological polar surface area (TPSA) is 94.0 Å². The number of nitrogens with two attached hydrogens (primary N) is 2. The fourth-order valence-corrected chi connectivity index (χ4v) is 2.60. The lowest BCUT2D eigenvalue weighted by Crippen LogP contribution is -2.17. The molecule has 0 aliphatic rings. The highest BCUT2D eigenvalue weighted by atomic mass is 32.1. The highest BCUT2D eigenvalue weighted by Gasteiger charge is 2.15. The molecule has 1 aromatic heterocycles. The minimum atomic E-state index is -0.496. The number of rotatable bonds is 5. The SMILES string of the molecule is CCC(Nc1ccc(N)cc1C(N)=O)c1nccs1. The van der Waals surface area contributed by atoms with Crippen LogP contribution in [0.4, 0.5) is 11.4 Å². The summed E-state index contributed by atoms with van der Waals surface area (Å²) >= 11 is 1.58. The molecule has 1 amide bonds. The van der Waals surface area contributed by atoms with Crippen molar-refractivity contribution in [1.82, 2.24) is 4.98 Å². The molecule has 0 aliphatic heterocycles. The molecular formula is C13H16N4OS. The van der Waals surface area contributed by atoms with Crippen LogP contribution in [0.3, 0.4) is 0 Å². The number of primary amides is 1. The molecule has 5 nitrogen and oxygen atoms in total. The van der Waals surface area contributed by atoms with Gasteiger partial charge in [-0.1, -0.05) is 6.92 Å². The zero-order chi connectivity index (χ0) is 13.8. The Kier molecular flexibility index (Phi) is 4.01. The van der Waals surface area contributed by atoms with Crippen LogP contribution in [-0.2, 0) is 0 Å². The van der Waals surface area contributed by atoms with Gasteiger partial charge in [-0.3, -0.25) is 4.79 Å². The van der Waals surface area contributed by atoms with Gasteiger partial charge in [0.15, 0.2) is 0 Å². The summed E-state index contributed by atoms with van der Waals surface area (Å²) in [7, 11) is 0. The number of hydrogen-bond donors (Lipinski definition) is 3. The predicted molar refractivity (Wildman–Crippen MR) is 78.1 cm³/mol. The quantitative estimate of drug-likeness (QED) is 0.731. The molecule has 1 heterocycles. The zero-order valence-corrected chi connectivity index (χ0v) is 11.4. The van der Waals surface area contributed by atoms with E-state index < -0.39 is 5.91 Å². The average molecular weight is 276 g/mol. The third-order valence-electron chi connectivity index (χ3n) is 2.80. The van der Waals surface area contributed by atoms with Crippen LogP contribution in [0.25, 0.3) is 0 Å². The second-order valence-corrected chi connectivity index (χ2v) is 5.07. The largest absolute Gasteiger partial charge is 0.399 e. The molecule has 1 aromatic carbocycles. The third kappa shape index (κ3) is 3.03. The van der Waals surface area contributed by atoms with E-state index in [4.69, 9.17) is 11.5 Å². The zero-order valence-electron chi connectivity index (χ0n) is 10.6. The number of nitrogens with one attached hydrogen (secondary N) is 1. The lowest BCUT2D eigenvalue weighted by atomic mass is 10.1. The van der Waals surface area contributed by atoms with E-state index in [9.17, 15) is 4.79 Å². The van der Waals surface area contributed by atoms with Crippen molar-refractivity contribution in [2.24, 2.45) is 5.73 Å². The van der Waals surface area contributed by atoms with Gasteiger partial charge in [-0.25, -0.2) is 4.98 Å². The minimum absolute atomic E-state index is 0.0572. The number of benzene rings is 1. The van der Waals surface area contributed by atoms with E-state index in [1.807, 2.05) is 5.38 Å². The smallest absolute Gasteiger partial charge is 0.250 e. The van der Waals surface area contributed by atoms with Crippen molar-refractivity contribution in [2.75, 3.05) is 11.1 Å². The predicted octanol–water partition coefficient (Wildman–Crippen LogP) is 2.39. The lowest BCUT2D eigenvalue weighted by molar-refractivity contribution is 0.100. The molecule has 0 saturated carbocycles. The number of aromatic nitrogens is 1. The molecule has 5 N–H and O–H groups in total. The van der Waals surface area contributed by atoms with Crippen molar-refractivity contribution >= 4 is 28.6 Å². The van der Waals surface area contributed by atoms with Gasteiger partial charge in [-0.05, 0) is 24.6 Å². The van der Waals surface area contributed by atoms with E-state index in [2.05, 4.69) is 17.2 Å². The van der Waals surface area contributed by atoms with Crippen molar-refractivity contribution in [3.05, 3.63) is 40.3 Å². The van der Waals surface area contributed by atoms with E-state index in [-0.39, 0.29) is 6.04 Å². The maximum absolute atomic E-state index is 11.4. The van der Waals surface area contributed by atoms with E-state index in [0.29, 0.717) is 16.9 Å². The molecule has 100 valence electrons. The summed E-state index contributed by atoms with van der Waals surface area (Å²) in [6.45, 7) is 2.06. The van der Waals surface area contributed by atoms with Crippen LogP contribution in [0, 0.1) is 0 Å². The van der Waals surface area contributed by atoms with Crippen molar-refractivity contribution in [3.63, 3.8) is 0 Å². The van der Waals surface area contributed by atoms with Gasteiger partial charge in [0, 0.05) is 23.0 Å². The highest BCUT2D eigenvalue weighted by Crippen LogP contribution is 2.27. The average Bonchev–Trinajstić information content (AvgIpc) is 2.90. The first-order chi connectivity index (χ1) is 9.11. The maximum Gasteiger partial charge on any atom is 0.250 e. The molecule has 0 saturated heterocycles. The molecule has 1 atom stereocenters. The number of nitrogen functional groups attached to an aromatic ring is 1. The first-order valence-corrected chi connectivity index (χ1v) is 6.85. The van der Waals surface area contributed by atoms with Gasteiger partial charge >= 0.3 is 0 Å². The second kappa shape index (κ2) is 5.71. The number of hydrogen-bond acceptors (Lipinski definition) is 5. The Morgan fingerprint density at radius 1 is 1.53 bits per heavy atom. The first kappa shape index (κ1) is 13.4. The van der Waals surface area contributed by atoms with Gasteiger partial charge in [0.2, 0.25) is 0 Å². The molecule has 1 unspecified atom stereocenters. The molecule has 0 radical (unpaired) electrons. The Labute approximate surface area is 115 Å². The van der Waals surface area contributed by atoms with Gasteiger partial charge in [0.1, 0.15) is 5.01 Å². The van der Waals surface area contributed by atoms with Gasteiger partial charge < -0.3 is 16.8 Å². The number of nitrogens with zero attached hydrogens (tertiary/aromatic N) is 1. The van der Waals surface area contributed by atoms with Crippen LogP contribution in [-0.4, -0.2) is 10.9 Å². The van der Waals surface area contributed by atoms with Gasteiger partial charge in [-0.15, -0.1) is 11.3 Å². The van der Waals surface area contributed by atoms with Crippen LogP contribution in [0.5, 0.6) is 0 Å². The number of amides is 1. The molecule has 2 aromatic rings. The summed E-state index contributed by atoms with van der Waals surface area (Å²) in [5, 5.41) is 6.21. The van der Waals surface area contributed by atoms with Gasteiger partial charge in [-0.2, -0.15) is 0 Å². The van der Waals surface area contributed by atoms with Crippen LogP contribution in [0.15, 0.2) is 29.8 Å². The molecule has 19 heavy (non-hydrogen) atoms. The monoisotopic (exact) mass is 276 g/mol. The highest BCUT2D eigenvalue weighted by molar-refractivity contribution is 7.09. The number of thiazole rings is 1. The Balaban J connectivity index is 2.29. The molecule has 0 aliphatic carbocycles. The number of carbonyl (C=O) groups is 1. The van der Waals surface area contributed by atoms with Gasteiger partial charge in [0.05, 0.1) is 11.6 Å². The maximum atomic E-state index is 11.4. The van der Waals surface area contributed by atoms with E-state index in [1.165, 1.54) is 0 Å². The summed E-state index contributed by atoms with van der Waals surface area (Å²) in [4.78, 5) is 15.7. The molecule has 2 rings (SSSR count). The summed E-state index contributed by atoms with van der Waals surface area (Å²) in [5.74, 6) is -0.496. The molecular weight excluding hydrogens is 260 g/mol. The summed E-state index contributed by atoms with van der Waals surface area (Å²) in [6, 6.07) is 5.15. The molecule has 0 spiro atoms. The van der Waals surface area contributed by atoms with Gasteiger partial charge in [0.25, 0.3) is 5.91 Å². The number of anilines is 2. The first-order valence-electron chi connectivity index (χ1n) is 5.97. The van der Waals surface area contributed by atoms with Crippen molar-refractivity contribution < 1.29 is 4.79 Å². The van der Waals surface area contributed by atoms with Crippen LogP contribution in [0.2, 0.25) is 0 Å². The summed E-state index contributed by atoms with van der Waals surface area (Å²) in [6.07, 6.45) is 2.62. The Morgan fingerprint density at radius 2 is 2.32 bits per heavy atom. The summed E-state index contributed by atoms with van der Waals surface area (Å²) in [5.41, 5.74) is 12.6. The normalized spacial score (nSPS) is 12.1.